The number of rotatable bonds is 8. The average Bonchev–Trinajstić information content (AvgIpc) is 2.97. The van der Waals surface area contributed by atoms with Gasteiger partial charge in [-0.05, 0) is 72.6 Å². The van der Waals surface area contributed by atoms with Gasteiger partial charge < -0.3 is 24.7 Å². The summed E-state index contributed by atoms with van der Waals surface area (Å²) >= 11 is 9.34. The summed E-state index contributed by atoms with van der Waals surface area (Å²) in [5.41, 5.74) is 9.26. The van der Waals surface area contributed by atoms with Crippen molar-refractivity contribution in [1.29, 1.82) is 5.26 Å². The largest absolute Gasteiger partial charge is 0.490 e. The number of nitriles is 1. The van der Waals surface area contributed by atoms with E-state index >= 15 is 0 Å². The van der Waals surface area contributed by atoms with Crippen LogP contribution in [0.1, 0.15) is 39.9 Å². The predicted molar refractivity (Wildman–Crippen MR) is 158 cm³/mol. The van der Waals surface area contributed by atoms with E-state index < -0.39 is 11.9 Å². The third-order valence-corrected chi connectivity index (χ3v) is 7.17. The number of hydrogen-bond donors (Lipinski definition) is 1. The molecule has 41 heavy (non-hydrogen) atoms. The van der Waals surface area contributed by atoms with E-state index in [9.17, 15) is 10.1 Å². The highest BCUT2D eigenvalue weighted by Gasteiger charge is 2.32. The summed E-state index contributed by atoms with van der Waals surface area (Å²) in [4.78, 5) is 12.6. The van der Waals surface area contributed by atoms with Gasteiger partial charge in [0.1, 0.15) is 29.7 Å². The molecule has 2 N–H and O–H groups in total. The quantitative estimate of drug-likeness (QED) is 0.158. The fraction of sp³-hybridized carbons (Fsp3) is 0.125. The number of allylic oxidation sites excluding steroid dienone is 1. The molecule has 0 bridgehead atoms. The number of hydrogen-bond acceptors (Lipinski definition) is 7. The van der Waals surface area contributed by atoms with E-state index in [0.29, 0.717) is 46.6 Å². The highest BCUT2D eigenvalue weighted by Crippen LogP contribution is 2.45. The van der Waals surface area contributed by atoms with E-state index in [1.54, 1.807) is 42.5 Å². The number of ether oxygens (including phenoxy) is 4. The van der Waals surface area contributed by atoms with E-state index in [4.69, 9.17) is 36.3 Å². The Labute approximate surface area is 250 Å². The van der Waals surface area contributed by atoms with Crippen molar-refractivity contribution < 1.29 is 23.7 Å². The molecule has 1 unspecified atom stereocenters. The minimum atomic E-state index is -0.538. The maximum Gasteiger partial charge on any atom is 0.343 e. The van der Waals surface area contributed by atoms with Crippen molar-refractivity contribution in [3.63, 3.8) is 0 Å². The number of carbonyl (C=O) groups is 1. The van der Waals surface area contributed by atoms with Gasteiger partial charge in [-0.2, -0.15) is 5.26 Å². The van der Waals surface area contributed by atoms with E-state index in [1.807, 2.05) is 49.4 Å². The Balaban J connectivity index is 1.44. The van der Waals surface area contributed by atoms with Crippen LogP contribution in [0.5, 0.6) is 23.0 Å². The molecule has 9 heteroatoms. The lowest BCUT2D eigenvalue weighted by Crippen LogP contribution is -2.21. The second-order valence-electron chi connectivity index (χ2n) is 9.08. The fourth-order valence-corrected chi connectivity index (χ4v) is 4.82. The molecule has 0 fully saturated rings. The summed E-state index contributed by atoms with van der Waals surface area (Å²) < 4.78 is 24.2. The second-order valence-corrected chi connectivity index (χ2v) is 10.4. The van der Waals surface area contributed by atoms with Crippen molar-refractivity contribution in [2.24, 2.45) is 5.73 Å². The van der Waals surface area contributed by atoms with Crippen LogP contribution in [0.3, 0.4) is 0 Å². The first kappa shape index (κ1) is 28.1. The Kier molecular flexibility index (Phi) is 8.48. The predicted octanol–water partition coefficient (Wildman–Crippen LogP) is 7.52. The number of nitrogens with two attached hydrogens (primary N) is 1. The number of nitrogens with zero attached hydrogens (tertiary/aromatic N) is 1. The average molecular weight is 632 g/mol. The van der Waals surface area contributed by atoms with E-state index in [0.717, 1.165) is 15.6 Å². The van der Waals surface area contributed by atoms with Crippen molar-refractivity contribution in [2.45, 2.75) is 19.4 Å². The molecule has 5 rings (SSSR count). The standard InChI is InChI=1S/C32H24BrClN2O5/c1-2-38-29-15-21(7-14-27(29)39-18-19-3-10-23(34)11-4-19)30-25-13-12-24(16-28(25)41-31(36)26(30)17-35)40-32(37)20-5-8-22(33)9-6-20/h3-16,30H,2,18,36H2,1H3. The smallest absolute Gasteiger partial charge is 0.343 e. The highest BCUT2D eigenvalue weighted by atomic mass is 79.9. The van der Waals surface area contributed by atoms with Gasteiger partial charge >= 0.3 is 5.97 Å². The lowest BCUT2D eigenvalue weighted by atomic mass is 9.83. The molecule has 0 radical (unpaired) electrons. The molecule has 1 atom stereocenters. The molecule has 206 valence electrons. The summed E-state index contributed by atoms with van der Waals surface area (Å²) in [6, 6.07) is 27.0. The zero-order valence-electron chi connectivity index (χ0n) is 21.9. The van der Waals surface area contributed by atoms with Gasteiger partial charge in [0.05, 0.1) is 18.1 Å². The van der Waals surface area contributed by atoms with Crippen LogP contribution in [0, 0.1) is 11.3 Å². The van der Waals surface area contributed by atoms with Gasteiger partial charge in [-0.1, -0.05) is 51.8 Å². The molecule has 1 aliphatic heterocycles. The first-order valence-corrected chi connectivity index (χ1v) is 13.9. The van der Waals surface area contributed by atoms with Gasteiger partial charge in [0, 0.05) is 21.1 Å². The summed E-state index contributed by atoms with van der Waals surface area (Å²) in [5.74, 6) is 0.679. The van der Waals surface area contributed by atoms with Crippen molar-refractivity contribution in [3.05, 3.63) is 128 Å². The number of fused-ring (bicyclic) bond motifs is 1. The molecule has 0 amide bonds. The number of carbonyl (C=O) groups excluding carboxylic acids is 1. The molecule has 1 aliphatic rings. The lowest BCUT2D eigenvalue weighted by molar-refractivity contribution is 0.0734. The summed E-state index contributed by atoms with van der Waals surface area (Å²) in [6.07, 6.45) is 0. The Morgan fingerprint density at radius 1 is 1.00 bits per heavy atom. The van der Waals surface area contributed by atoms with E-state index in [2.05, 4.69) is 22.0 Å². The van der Waals surface area contributed by atoms with Gasteiger partial charge in [0.2, 0.25) is 5.88 Å². The Bertz CT molecular complexity index is 1660. The van der Waals surface area contributed by atoms with Crippen molar-refractivity contribution >= 4 is 33.5 Å². The monoisotopic (exact) mass is 630 g/mol. The number of esters is 1. The van der Waals surface area contributed by atoms with Crippen molar-refractivity contribution in [2.75, 3.05) is 6.61 Å². The Morgan fingerprint density at radius 3 is 2.46 bits per heavy atom. The third-order valence-electron chi connectivity index (χ3n) is 6.39. The summed E-state index contributed by atoms with van der Waals surface area (Å²) in [7, 11) is 0. The first-order chi connectivity index (χ1) is 19.9. The Morgan fingerprint density at radius 2 is 1.76 bits per heavy atom. The first-order valence-electron chi connectivity index (χ1n) is 12.7. The topological polar surface area (TPSA) is 104 Å². The molecule has 7 nitrogen and oxygen atoms in total. The van der Waals surface area contributed by atoms with E-state index in [1.165, 1.54) is 0 Å². The summed E-state index contributed by atoms with van der Waals surface area (Å²) in [5, 5.41) is 10.6. The lowest BCUT2D eigenvalue weighted by Gasteiger charge is -2.27. The zero-order chi connectivity index (χ0) is 28.9. The normalized spacial score (nSPS) is 14.0. The Hall–Kier alpha value is -4.45. The molecule has 0 spiro atoms. The SMILES string of the molecule is CCOc1cc(C2C(C#N)=C(N)Oc3cc(OC(=O)c4ccc(Br)cc4)ccc32)ccc1OCc1ccc(Cl)cc1. The minimum absolute atomic E-state index is 0.0255. The molecule has 4 aromatic carbocycles. The fourth-order valence-electron chi connectivity index (χ4n) is 4.43. The summed E-state index contributed by atoms with van der Waals surface area (Å²) in [6.45, 7) is 2.63. The molecule has 0 saturated heterocycles. The molecular weight excluding hydrogens is 608 g/mol. The van der Waals surface area contributed by atoms with Crippen molar-refractivity contribution in [3.8, 4) is 29.1 Å². The van der Waals surface area contributed by atoms with Crippen LogP contribution in [0.2, 0.25) is 5.02 Å². The van der Waals surface area contributed by atoms with Crippen LogP contribution in [-0.2, 0) is 6.61 Å². The number of benzene rings is 4. The van der Waals surface area contributed by atoms with Crippen LogP contribution < -0.4 is 24.7 Å². The number of halogens is 2. The molecule has 0 saturated carbocycles. The van der Waals surface area contributed by atoms with Crippen LogP contribution in [0.25, 0.3) is 0 Å². The molecule has 0 aliphatic carbocycles. The molecule has 0 aromatic heterocycles. The van der Waals surface area contributed by atoms with Gasteiger partial charge in [-0.15, -0.1) is 0 Å². The van der Waals surface area contributed by atoms with Crippen LogP contribution in [0.15, 0.2) is 101 Å². The molecule has 1 heterocycles. The zero-order valence-corrected chi connectivity index (χ0v) is 24.2. The van der Waals surface area contributed by atoms with Gasteiger partial charge in [-0.25, -0.2) is 4.79 Å². The van der Waals surface area contributed by atoms with Crippen LogP contribution in [0.4, 0.5) is 0 Å². The van der Waals surface area contributed by atoms with Crippen LogP contribution in [-0.4, -0.2) is 12.6 Å². The maximum absolute atomic E-state index is 12.6. The van der Waals surface area contributed by atoms with Gasteiger partial charge in [0.15, 0.2) is 11.5 Å². The van der Waals surface area contributed by atoms with Crippen LogP contribution >= 0.6 is 27.5 Å². The van der Waals surface area contributed by atoms with E-state index in [-0.39, 0.29) is 17.2 Å². The second kappa shape index (κ2) is 12.4. The van der Waals surface area contributed by atoms with Gasteiger partial charge in [-0.3, -0.25) is 0 Å². The molecular formula is C32H24BrClN2O5. The minimum Gasteiger partial charge on any atom is -0.490 e. The highest BCUT2D eigenvalue weighted by molar-refractivity contribution is 9.10. The maximum atomic E-state index is 12.6. The molecule has 4 aromatic rings. The van der Waals surface area contributed by atoms with Crippen molar-refractivity contribution in [1.82, 2.24) is 0 Å². The van der Waals surface area contributed by atoms with Gasteiger partial charge in [0.25, 0.3) is 0 Å². The third kappa shape index (κ3) is 6.32.